The number of aryl methyl sites for hydroxylation is 1. The van der Waals surface area contributed by atoms with E-state index in [1.54, 1.807) is 80.8 Å². The molecule has 0 aliphatic heterocycles. The van der Waals surface area contributed by atoms with E-state index in [2.05, 4.69) is 10.6 Å². The van der Waals surface area contributed by atoms with Gasteiger partial charge in [0.25, 0.3) is 17.7 Å². The van der Waals surface area contributed by atoms with E-state index >= 15 is 0 Å². The Morgan fingerprint density at radius 2 is 1.37 bits per heavy atom. The maximum atomic E-state index is 12.7. The molecule has 0 aromatic heterocycles. The van der Waals surface area contributed by atoms with Gasteiger partial charge in [0.15, 0.2) is 0 Å². The predicted molar refractivity (Wildman–Crippen MR) is 118 cm³/mol. The Bertz CT molecular complexity index is 1090. The van der Waals surface area contributed by atoms with Gasteiger partial charge in [0, 0.05) is 42.2 Å². The summed E-state index contributed by atoms with van der Waals surface area (Å²) in [6.45, 7) is 1.86. The smallest absolute Gasteiger partial charge is 0.255 e. The average Bonchev–Trinajstić information content (AvgIpc) is 2.75. The zero-order valence-electron chi connectivity index (χ0n) is 17.1. The molecule has 0 saturated heterocycles. The van der Waals surface area contributed by atoms with Crippen LogP contribution in [0.5, 0.6) is 0 Å². The lowest BCUT2D eigenvalue weighted by Gasteiger charge is -2.13. The van der Waals surface area contributed by atoms with Crippen LogP contribution in [-0.2, 0) is 0 Å². The zero-order chi connectivity index (χ0) is 21.7. The molecule has 0 spiro atoms. The monoisotopic (exact) mass is 401 g/mol. The first-order valence-electron chi connectivity index (χ1n) is 9.45. The number of carbonyl (C=O) groups is 3. The van der Waals surface area contributed by atoms with Gasteiger partial charge in [-0.2, -0.15) is 0 Å². The summed E-state index contributed by atoms with van der Waals surface area (Å²) < 4.78 is 0. The Morgan fingerprint density at radius 3 is 2.07 bits per heavy atom. The van der Waals surface area contributed by atoms with Crippen molar-refractivity contribution in [3.8, 4) is 0 Å². The van der Waals surface area contributed by atoms with Crippen molar-refractivity contribution in [1.82, 2.24) is 4.90 Å². The van der Waals surface area contributed by atoms with E-state index < -0.39 is 0 Å². The summed E-state index contributed by atoms with van der Waals surface area (Å²) in [4.78, 5) is 38.8. The van der Waals surface area contributed by atoms with Crippen LogP contribution in [0.25, 0.3) is 0 Å². The first-order valence-corrected chi connectivity index (χ1v) is 9.45. The summed E-state index contributed by atoms with van der Waals surface area (Å²) in [5.41, 5.74) is 3.34. The van der Waals surface area contributed by atoms with E-state index in [1.807, 2.05) is 13.0 Å². The molecule has 3 rings (SSSR count). The van der Waals surface area contributed by atoms with Crippen LogP contribution in [0.2, 0.25) is 0 Å². The van der Waals surface area contributed by atoms with Gasteiger partial charge in [-0.15, -0.1) is 0 Å². The highest BCUT2D eigenvalue weighted by molar-refractivity contribution is 6.08. The minimum absolute atomic E-state index is 0.146. The normalized spacial score (nSPS) is 10.2. The number of anilines is 2. The first kappa shape index (κ1) is 20.8. The number of nitrogens with one attached hydrogen (secondary N) is 2. The molecule has 0 fully saturated rings. The van der Waals surface area contributed by atoms with Gasteiger partial charge >= 0.3 is 0 Å². The summed E-state index contributed by atoms with van der Waals surface area (Å²) in [6.07, 6.45) is 0. The van der Waals surface area contributed by atoms with E-state index in [0.29, 0.717) is 28.1 Å². The molecule has 0 saturated carbocycles. The van der Waals surface area contributed by atoms with Crippen LogP contribution in [0.15, 0.2) is 72.8 Å². The van der Waals surface area contributed by atoms with Gasteiger partial charge in [0.2, 0.25) is 0 Å². The lowest BCUT2D eigenvalue weighted by atomic mass is 10.1. The van der Waals surface area contributed by atoms with E-state index in [0.717, 1.165) is 5.56 Å². The summed E-state index contributed by atoms with van der Waals surface area (Å²) in [7, 11) is 3.34. The number of nitrogens with zero attached hydrogens (tertiary/aromatic N) is 1. The lowest BCUT2D eigenvalue weighted by molar-refractivity contribution is 0.0827. The first-order chi connectivity index (χ1) is 14.3. The molecule has 0 heterocycles. The highest BCUT2D eigenvalue weighted by Crippen LogP contribution is 2.20. The largest absolute Gasteiger partial charge is 0.345 e. The molecule has 0 aliphatic rings. The molecule has 0 atom stereocenters. The molecule has 0 aliphatic carbocycles. The minimum Gasteiger partial charge on any atom is -0.345 e. The molecule has 3 aromatic rings. The van der Waals surface area contributed by atoms with Crippen molar-refractivity contribution in [1.29, 1.82) is 0 Å². The Labute approximate surface area is 175 Å². The molecule has 2 N–H and O–H groups in total. The molecule has 6 nitrogen and oxygen atoms in total. The number of rotatable bonds is 5. The van der Waals surface area contributed by atoms with Crippen LogP contribution < -0.4 is 10.6 Å². The van der Waals surface area contributed by atoms with E-state index in [4.69, 9.17) is 0 Å². The summed E-state index contributed by atoms with van der Waals surface area (Å²) >= 11 is 0. The van der Waals surface area contributed by atoms with Crippen LogP contribution in [0.4, 0.5) is 11.4 Å². The standard InChI is InChI=1S/C24H23N3O3/c1-16-12-13-18(15-21(16)26-22(28)17-8-5-4-6-9-17)23(29)25-20-11-7-10-19(14-20)24(30)27(2)3/h4-15H,1-3H3,(H,25,29)(H,26,28). The number of carbonyl (C=O) groups excluding carboxylic acids is 3. The Hall–Kier alpha value is -3.93. The number of hydrogen-bond donors (Lipinski definition) is 2. The minimum atomic E-state index is -0.334. The van der Waals surface area contributed by atoms with Crippen molar-refractivity contribution in [2.45, 2.75) is 6.92 Å². The molecular weight excluding hydrogens is 378 g/mol. The summed E-state index contributed by atoms with van der Waals surface area (Å²) in [5.74, 6) is -0.724. The fourth-order valence-corrected chi connectivity index (χ4v) is 2.87. The average molecular weight is 401 g/mol. The highest BCUT2D eigenvalue weighted by Gasteiger charge is 2.13. The zero-order valence-corrected chi connectivity index (χ0v) is 17.1. The van der Waals surface area contributed by atoms with Gasteiger partial charge in [-0.05, 0) is 55.0 Å². The molecule has 3 amide bonds. The number of benzene rings is 3. The highest BCUT2D eigenvalue weighted by atomic mass is 16.2. The molecular formula is C24H23N3O3. The summed E-state index contributed by atoms with van der Waals surface area (Å²) in [5, 5.41) is 5.65. The molecule has 152 valence electrons. The summed E-state index contributed by atoms with van der Waals surface area (Å²) in [6, 6.07) is 20.7. The number of hydrogen-bond acceptors (Lipinski definition) is 3. The predicted octanol–water partition coefficient (Wildman–Crippen LogP) is 4.20. The van der Waals surface area contributed by atoms with Crippen LogP contribution in [0.3, 0.4) is 0 Å². The third-order valence-corrected chi connectivity index (χ3v) is 4.56. The van der Waals surface area contributed by atoms with Gasteiger partial charge in [-0.3, -0.25) is 14.4 Å². The van der Waals surface area contributed by atoms with Crippen LogP contribution in [0, 0.1) is 6.92 Å². The number of amides is 3. The van der Waals surface area contributed by atoms with Gasteiger partial charge in [0.1, 0.15) is 0 Å². The van der Waals surface area contributed by atoms with Crippen molar-refractivity contribution in [2.24, 2.45) is 0 Å². The molecule has 0 radical (unpaired) electrons. The fraction of sp³-hybridized carbons (Fsp3) is 0.125. The lowest BCUT2D eigenvalue weighted by Crippen LogP contribution is -2.22. The molecule has 0 unspecified atom stereocenters. The van der Waals surface area contributed by atoms with Gasteiger partial charge in [-0.25, -0.2) is 0 Å². The second-order valence-electron chi connectivity index (χ2n) is 7.08. The van der Waals surface area contributed by atoms with Crippen molar-refractivity contribution in [3.05, 3.63) is 95.1 Å². The van der Waals surface area contributed by atoms with Crippen molar-refractivity contribution >= 4 is 29.1 Å². The Balaban J connectivity index is 1.77. The van der Waals surface area contributed by atoms with E-state index in [1.165, 1.54) is 4.90 Å². The van der Waals surface area contributed by atoms with Crippen molar-refractivity contribution in [2.75, 3.05) is 24.7 Å². The van der Waals surface area contributed by atoms with Crippen molar-refractivity contribution < 1.29 is 14.4 Å². The van der Waals surface area contributed by atoms with Gasteiger partial charge in [0.05, 0.1) is 0 Å². The maximum Gasteiger partial charge on any atom is 0.255 e. The second kappa shape index (κ2) is 9.05. The Morgan fingerprint density at radius 1 is 0.700 bits per heavy atom. The van der Waals surface area contributed by atoms with Gasteiger partial charge in [-0.1, -0.05) is 30.3 Å². The molecule has 6 heteroatoms. The Kier molecular flexibility index (Phi) is 6.27. The topological polar surface area (TPSA) is 78.5 Å². The SMILES string of the molecule is Cc1ccc(C(=O)Nc2cccc(C(=O)N(C)C)c2)cc1NC(=O)c1ccccc1. The fourth-order valence-electron chi connectivity index (χ4n) is 2.87. The van der Waals surface area contributed by atoms with E-state index in [9.17, 15) is 14.4 Å². The van der Waals surface area contributed by atoms with Crippen molar-refractivity contribution in [3.63, 3.8) is 0 Å². The molecule has 3 aromatic carbocycles. The third kappa shape index (κ3) is 4.91. The van der Waals surface area contributed by atoms with Crippen LogP contribution in [-0.4, -0.2) is 36.7 Å². The van der Waals surface area contributed by atoms with Crippen LogP contribution in [0.1, 0.15) is 36.6 Å². The third-order valence-electron chi connectivity index (χ3n) is 4.56. The molecule has 0 bridgehead atoms. The molecule has 30 heavy (non-hydrogen) atoms. The quantitative estimate of drug-likeness (QED) is 0.672. The van der Waals surface area contributed by atoms with Gasteiger partial charge < -0.3 is 15.5 Å². The van der Waals surface area contributed by atoms with E-state index in [-0.39, 0.29) is 17.7 Å². The van der Waals surface area contributed by atoms with Crippen LogP contribution >= 0.6 is 0 Å². The second-order valence-corrected chi connectivity index (χ2v) is 7.08. The maximum absolute atomic E-state index is 12.7.